The van der Waals surface area contributed by atoms with E-state index in [9.17, 15) is 4.79 Å². The molecule has 5 nitrogen and oxygen atoms in total. The van der Waals surface area contributed by atoms with Crippen molar-refractivity contribution in [3.05, 3.63) is 30.3 Å². The third kappa shape index (κ3) is 8.89. The van der Waals surface area contributed by atoms with Crippen molar-refractivity contribution in [1.29, 1.82) is 0 Å². The van der Waals surface area contributed by atoms with E-state index >= 15 is 9.59 Å². The number of hydrogen-bond acceptors (Lipinski definition) is 5. The molecule has 270 valence electrons. The van der Waals surface area contributed by atoms with Crippen LogP contribution in [0.4, 0.5) is 0 Å². The Labute approximate surface area is 300 Å². The molecule has 9 atom stereocenters. The van der Waals surface area contributed by atoms with Gasteiger partial charge in [0.1, 0.15) is 0 Å². The Kier molecular flexibility index (Phi) is 13.7. The van der Waals surface area contributed by atoms with Gasteiger partial charge in [-0.25, -0.2) is 0 Å². The molecule has 1 aromatic carbocycles. The number of benzene rings is 1. The predicted octanol–water partition coefficient (Wildman–Crippen LogP) is 9.07. The van der Waals surface area contributed by atoms with Crippen LogP contribution in [0, 0.1) is 52.8 Å². The van der Waals surface area contributed by atoms with Gasteiger partial charge in [0.25, 0.3) is 0 Å². The summed E-state index contributed by atoms with van der Waals surface area (Å²) in [6, 6.07) is 10.5. The van der Waals surface area contributed by atoms with Gasteiger partial charge in [-0.1, -0.05) is 0 Å². The summed E-state index contributed by atoms with van der Waals surface area (Å²) >= 11 is -0.0136. The number of esters is 2. The Bertz CT molecular complexity index is 1180. The van der Waals surface area contributed by atoms with Crippen molar-refractivity contribution in [3.63, 3.8) is 0 Å². The second-order valence-corrected chi connectivity index (χ2v) is 26.4. The van der Waals surface area contributed by atoms with Crippen LogP contribution in [0.3, 0.4) is 0 Å². The first-order valence-corrected chi connectivity index (χ1v) is 24.7. The summed E-state index contributed by atoms with van der Waals surface area (Å²) in [5, 5.41) is 0. The van der Waals surface area contributed by atoms with E-state index in [1.54, 1.807) is 0 Å². The first-order valence-electron chi connectivity index (χ1n) is 19.3. The van der Waals surface area contributed by atoms with Crippen LogP contribution >= 0.6 is 0 Å². The van der Waals surface area contributed by atoms with Gasteiger partial charge in [0, 0.05) is 0 Å². The molecule has 0 radical (unpaired) electrons. The summed E-state index contributed by atoms with van der Waals surface area (Å²) in [5.74, 6) is 0.218. The van der Waals surface area contributed by atoms with E-state index in [1.807, 2.05) is 6.07 Å². The molecule has 0 spiro atoms. The van der Waals surface area contributed by atoms with Gasteiger partial charge >= 0.3 is 301 Å². The first kappa shape index (κ1) is 39.4. The van der Waals surface area contributed by atoms with E-state index in [1.165, 1.54) is 4.46 Å². The summed E-state index contributed by atoms with van der Waals surface area (Å²) in [6.45, 7) is 22.5. The van der Waals surface area contributed by atoms with Crippen molar-refractivity contribution in [2.45, 2.75) is 149 Å². The number of carbonyl (C=O) groups is 3. The zero-order valence-corrected chi connectivity index (χ0v) is 34.5. The van der Waals surface area contributed by atoms with Crippen molar-refractivity contribution in [1.82, 2.24) is 0 Å². The first-order chi connectivity index (χ1) is 22.6. The normalized spacial score (nSPS) is 30.9. The van der Waals surface area contributed by atoms with Crippen LogP contribution in [-0.2, 0) is 23.9 Å². The van der Waals surface area contributed by atoms with Crippen molar-refractivity contribution < 1.29 is 23.9 Å². The van der Waals surface area contributed by atoms with Crippen LogP contribution in [0.15, 0.2) is 30.3 Å². The van der Waals surface area contributed by atoms with E-state index in [-0.39, 0.29) is 55.1 Å². The summed E-state index contributed by atoms with van der Waals surface area (Å²) in [5.41, 5.74) is -1.56. The number of carbonyl (C=O) groups excluding carboxylic acids is 3. The molecule has 0 saturated heterocycles. The molecular weight excluding hydrogens is 679 g/mol. The van der Waals surface area contributed by atoms with Crippen LogP contribution in [-0.4, -0.2) is 53.0 Å². The number of ether oxygens (including phenoxy) is 2. The van der Waals surface area contributed by atoms with Gasteiger partial charge in [0.05, 0.1) is 0 Å². The molecule has 3 fully saturated rings. The van der Waals surface area contributed by atoms with Gasteiger partial charge in [-0.3, -0.25) is 0 Å². The fraction of sp³-hybridized carbons (Fsp3) is 0.780. The molecule has 0 aliphatic heterocycles. The molecule has 48 heavy (non-hydrogen) atoms. The molecule has 0 amide bonds. The summed E-state index contributed by atoms with van der Waals surface area (Å²) in [7, 11) is -2.01. The maximum atomic E-state index is 15.1. The molecule has 3 saturated carbocycles. The third-order valence-corrected chi connectivity index (χ3v) is 21.4. The van der Waals surface area contributed by atoms with Gasteiger partial charge in [-0.05, 0) is 0 Å². The van der Waals surface area contributed by atoms with E-state index in [0.717, 1.165) is 57.8 Å². The zero-order chi connectivity index (χ0) is 35.4. The van der Waals surface area contributed by atoms with Crippen molar-refractivity contribution in [3.8, 4) is 0 Å². The average molecular weight is 746 g/mol. The molecule has 3 aliphatic rings. The van der Waals surface area contributed by atoms with Gasteiger partial charge in [0.15, 0.2) is 0 Å². The Hall–Kier alpha value is -1.43. The van der Waals surface area contributed by atoms with Crippen LogP contribution in [0.2, 0.25) is 24.1 Å². The van der Waals surface area contributed by atoms with Crippen molar-refractivity contribution >= 4 is 45.2 Å². The monoisotopic (exact) mass is 746 g/mol. The van der Waals surface area contributed by atoms with Gasteiger partial charge in [-0.15, -0.1) is 0 Å². The second kappa shape index (κ2) is 16.7. The second-order valence-electron chi connectivity index (χ2n) is 17.6. The van der Waals surface area contributed by atoms with Gasteiger partial charge in [-0.2, -0.15) is 0 Å². The van der Waals surface area contributed by atoms with Gasteiger partial charge < -0.3 is 0 Å². The minimum atomic E-state index is -2.01. The van der Waals surface area contributed by atoms with E-state index < -0.39 is 31.3 Å². The van der Waals surface area contributed by atoms with Crippen molar-refractivity contribution in [2.24, 2.45) is 52.8 Å². The maximum absolute atomic E-state index is 15.1. The topological polar surface area (TPSA) is 69.7 Å². The molecular formula is C41H66O5SeSi. The zero-order valence-electron chi connectivity index (χ0n) is 31.8. The molecule has 3 aliphatic carbocycles. The molecule has 4 rings (SSSR count). The third-order valence-electron chi connectivity index (χ3n) is 11.9. The SMILES string of the molecule is CCCCCC(=O)[C@@H]1[C@H]([C@H]([Se]c2ccccc2)[Si](C)(C)C)C1(C(=O)O[C@@H]1C[C@H](C)CC[C@H]1C(C)C)C(=O)O[C@@H]1C[C@H](C)CC[C@H]1C(C)C. The van der Waals surface area contributed by atoms with Crippen LogP contribution in [0.5, 0.6) is 0 Å². The molecule has 0 N–H and O–H groups in total. The molecule has 0 unspecified atom stereocenters. The molecule has 0 aromatic heterocycles. The number of unbranched alkanes of at least 4 members (excludes halogenated alkanes) is 2. The minimum absolute atomic E-state index is 0.0136. The molecule has 7 heteroatoms. The Morgan fingerprint density at radius 3 is 1.75 bits per heavy atom. The number of Topliss-reactive ketones (excluding diaryl/α,β-unsaturated/α-hetero) is 1. The van der Waals surface area contributed by atoms with Crippen LogP contribution in [0.25, 0.3) is 0 Å². The summed E-state index contributed by atoms with van der Waals surface area (Å²) in [6.07, 6.45) is 8.56. The molecule has 1 aromatic rings. The van der Waals surface area contributed by atoms with Crippen molar-refractivity contribution in [2.75, 3.05) is 0 Å². The van der Waals surface area contributed by atoms with E-state index in [0.29, 0.717) is 30.1 Å². The molecule has 0 heterocycles. The van der Waals surface area contributed by atoms with Gasteiger partial charge in [0.2, 0.25) is 0 Å². The average Bonchev–Trinajstić information content (AvgIpc) is 3.70. The number of hydrogen-bond donors (Lipinski definition) is 0. The predicted molar refractivity (Wildman–Crippen MR) is 200 cm³/mol. The summed E-state index contributed by atoms with van der Waals surface area (Å²) < 4.78 is 14.6. The van der Waals surface area contributed by atoms with Crippen LogP contribution in [0.1, 0.15) is 113 Å². The quantitative estimate of drug-likeness (QED) is 0.0776. The number of rotatable bonds is 15. The Balaban J connectivity index is 1.82. The Morgan fingerprint density at radius 2 is 1.31 bits per heavy atom. The standard InChI is InChI=1S/C41H66O5SeSi/c1-11-12-14-19-33(42)36-37(38(48(8,9)10)47-30-17-15-13-16-18-30)41(36,39(43)45-34-24-28(6)20-22-31(34)26(2)3)40(44)46-35-25-29(7)21-23-32(35)27(4)5/h13,15-18,26-29,31-32,34-38H,11-12,14,19-25H2,1-10H3/t28-,29-,31+,32+,34-,35-,36-,37-,38-/m1/s1. The van der Waals surface area contributed by atoms with E-state index in [2.05, 4.69) is 92.4 Å². The molecule has 0 bridgehead atoms. The Morgan fingerprint density at radius 1 is 0.812 bits per heavy atom. The van der Waals surface area contributed by atoms with Crippen LogP contribution < -0.4 is 4.46 Å². The fourth-order valence-electron chi connectivity index (χ4n) is 9.00. The number of ketones is 1. The summed E-state index contributed by atoms with van der Waals surface area (Å²) in [4.78, 5) is 44.7. The fourth-order valence-corrected chi connectivity index (χ4v) is 16.2. The van der Waals surface area contributed by atoms with E-state index in [4.69, 9.17) is 9.47 Å².